The van der Waals surface area contributed by atoms with Crippen molar-refractivity contribution in [1.82, 2.24) is 9.80 Å². The Labute approximate surface area is 361 Å². The Balaban J connectivity index is 0.000000263. The molecule has 4 atom stereocenters. The fraction of sp³-hybridized carbons (Fsp3) is 0.550. The van der Waals surface area contributed by atoms with E-state index in [-0.39, 0.29) is 47.6 Å². The zero-order valence-corrected chi connectivity index (χ0v) is 34.3. The van der Waals surface area contributed by atoms with E-state index < -0.39 is 36.2 Å². The number of halogens is 8. The highest BCUT2D eigenvalue weighted by Crippen LogP contribution is 2.24. The monoisotopic (exact) mass is 926 g/mol. The number of carboxylic acid groups (broad SMARTS) is 4. The van der Waals surface area contributed by atoms with Crippen molar-refractivity contribution in [2.45, 2.75) is 75.8 Å². The third kappa shape index (κ3) is 17.1. The first-order valence-corrected chi connectivity index (χ1v) is 20.3. The lowest BCUT2D eigenvalue weighted by Crippen LogP contribution is -3.19. The summed E-state index contributed by atoms with van der Waals surface area (Å²) in [5, 5.41) is 42.0. The van der Waals surface area contributed by atoms with Gasteiger partial charge in [0.25, 0.3) is 0 Å². The molecule has 0 spiro atoms. The largest absolute Gasteiger partial charge is 0.542 e. The topological polar surface area (TPSA) is 228 Å². The molecule has 0 radical (unpaired) electrons. The number of rotatable bonds is 6. The Morgan fingerprint density at radius 1 is 0.531 bits per heavy atom. The van der Waals surface area contributed by atoms with Gasteiger partial charge in [-0.25, -0.2) is 18.4 Å². The Bertz CT molecular complexity index is 1720. The van der Waals surface area contributed by atoms with Gasteiger partial charge >= 0.3 is 36.4 Å². The number of amides is 4. The molecule has 2 aliphatic carbocycles. The predicted molar refractivity (Wildman–Crippen MR) is 204 cm³/mol. The standard InChI is InChI=1S/2C18H24FN3O3.2C2HF3O2/c2*19-13-5-7-14(8-6-13)20-18(25)22-11-9-21(10-12-22)16-4-2-1-3-15(16)17(23)24;2*3-2(4,5)1(6)7/h2*5-8,15-16H,1-4,9-12H2,(H,20,25)(H,23,24);2*(H,6,7)/t2*15-,16-;;/m10../s1. The molecule has 356 valence electrons. The van der Waals surface area contributed by atoms with Crippen LogP contribution < -0.4 is 30.6 Å². The number of quaternary nitrogens is 2. The fourth-order valence-electron chi connectivity index (χ4n) is 8.04. The minimum atomic E-state index is -5.19. The molecule has 6 N–H and O–H groups in total. The van der Waals surface area contributed by atoms with Crippen LogP contribution in [0, 0.1) is 23.5 Å². The maximum atomic E-state index is 12.9. The molecule has 16 nitrogen and oxygen atoms in total. The molecule has 2 aromatic carbocycles. The van der Waals surface area contributed by atoms with Gasteiger partial charge in [0.15, 0.2) is 0 Å². The molecular weight excluding hydrogens is 876 g/mol. The molecule has 2 saturated carbocycles. The molecule has 4 amide bonds. The van der Waals surface area contributed by atoms with Crippen LogP contribution in [0.3, 0.4) is 0 Å². The molecule has 4 fully saturated rings. The van der Waals surface area contributed by atoms with Gasteiger partial charge in [-0.1, -0.05) is 12.8 Å². The Hall–Kier alpha value is -5.78. The van der Waals surface area contributed by atoms with Gasteiger partial charge < -0.3 is 60.2 Å². The number of carbonyl (C=O) groups excluding carboxylic acids is 4. The lowest BCUT2D eigenvalue weighted by molar-refractivity contribution is -0.933. The number of nitrogens with one attached hydrogen (secondary N) is 4. The van der Waals surface area contributed by atoms with Crippen molar-refractivity contribution in [3.63, 3.8) is 0 Å². The number of hydrogen-bond acceptors (Lipinski definition) is 8. The van der Waals surface area contributed by atoms with Gasteiger partial charge in [-0.2, -0.15) is 26.3 Å². The number of urea groups is 2. The lowest BCUT2D eigenvalue weighted by atomic mass is 9.83. The molecule has 0 unspecified atom stereocenters. The first kappa shape index (κ1) is 52.6. The molecule has 24 heteroatoms. The number of aliphatic carboxylic acids is 4. The van der Waals surface area contributed by atoms with Crippen molar-refractivity contribution in [1.29, 1.82) is 0 Å². The second-order valence-corrected chi connectivity index (χ2v) is 15.4. The zero-order valence-electron chi connectivity index (χ0n) is 34.3. The first-order valence-electron chi connectivity index (χ1n) is 20.3. The van der Waals surface area contributed by atoms with Gasteiger partial charge in [-0.15, -0.1) is 0 Å². The van der Waals surface area contributed by atoms with Crippen LogP contribution in [0.15, 0.2) is 48.5 Å². The molecule has 2 saturated heterocycles. The van der Waals surface area contributed by atoms with Crippen LogP contribution in [0.5, 0.6) is 0 Å². The molecule has 6 rings (SSSR count). The van der Waals surface area contributed by atoms with Crippen LogP contribution in [-0.4, -0.2) is 133 Å². The molecule has 0 aromatic heterocycles. The Morgan fingerprint density at radius 3 is 1.05 bits per heavy atom. The molecule has 64 heavy (non-hydrogen) atoms. The molecule has 2 heterocycles. The van der Waals surface area contributed by atoms with Gasteiger partial charge in [-0.05, 0) is 74.2 Å². The number of hydrogen-bond donors (Lipinski definition) is 6. The third-order valence-electron chi connectivity index (χ3n) is 11.3. The van der Waals surface area contributed by atoms with Crippen LogP contribution in [0.4, 0.5) is 56.1 Å². The number of carbonyl (C=O) groups is 6. The van der Waals surface area contributed by atoms with Crippen LogP contribution in [0.25, 0.3) is 0 Å². The first-order chi connectivity index (χ1) is 30.0. The van der Waals surface area contributed by atoms with Gasteiger partial charge in [0.1, 0.15) is 47.5 Å². The van der Waals surface area contributed by atoms with E-state index in [0.29, 0.717) is 37.6 Å². The van der Waals surface area contributed by atoms with Crippen molar-refractivity contribution in [3.8, 4) is 0 Å². The number of carboxylic acids is 4. The van der Waals surface area contributed by atoms with Gasteiger partial charge in [0, 0.05) is 24.2 Å². The van der Waals surface area contributed by atoms with Crippen LogP contribution >= 0.6 is 0 Å². The molecular formula is C40H50F8N6O10. The zero-order chi connectivity index (χ0) is 47.8. The van der Waals surface area contributed by atoms with E-state index in [1.165, 1.54) is 58.3 Å². The minimum absolute atomic E-state index is 0.161. The van der Waals surface area contributed by atoms with Crippen molar-refractivity contribution < 1.29 is 94.1 Å². The van der Waals surface area contributed by atoms with Crippen molar-refractivity contribution in [2.24, 2.45) is 11.8 Å². The molecule has 2 aliphatic heterocycles. The summed E-state index contributed by atoms with van der Waals surface area (Å²) >= 11 is 0. The molecule has 0 bridgehead atoms. The van der Waals surface area contributed by atoms with Gasteiger partial charge in [0.2, 0.25) is 0 Å². The highest BCUT2D eigenvalue weighted by Gasteiger charge is 2.41. The molecule has 4 aliphatic rings. The average molecular weight is 927 g/mol. The summed E-state index contributed by atoms with van der Waals surface area (Å²) in [6.45, 7) is 5.49. The Kier molecular flexibility index (Phi) is 20.0. The number of piperazine rings is 2. The number of nitrogens with zero attached hydrogens (tertiary/aromatic N) is 2. The van der Waals surface area contributed by atoms with Crippen LogP contribution in [0.2, 0.25) is 0 Å². The van der Waals surface area contributed by atoms with E-state index in [9.17, 15) is 64.5 Å². The quantitative estimate of drug-likeness (QED) is 0.225. The number of alkyl halides is 6. The number of anilines is 2. The number of benzene rings is 2. The second kappa shape index (κ2) is 24.3. The summed E-state index contributed by atoms with van der Waals surface area (Å²) in [6, 6.07) is 11.3. The lowest BCUT2D eigenvalue weighted by Gasteiger charge is -2.40. The summed E-state index contributed by atoms with van der Waals surface area (Å²) in [6.07, 6.45) is -2.79. The predicted octanol–water partition coefficient (Wildman–Crippen LogP) is 1.00. The smallest absolute Gasteiger partial charge is 0.430 e. The summed E-state index contributed by atoms with van der Waals surface area (Å²) in [5.74, 6) is -8.58. The van der Waals surface area contributed by atoms with E-state index in [0.717, 1.165) is 77.5 Å². The summed E-state index contributed by atoms with van der Waals surface area (Å²) < 4.78 is 88.9. The highest BCUT2D eigenvalue weighted by molar-refractivity contribution is 5.90. The van der Waals surface area contributed by atoms with E-state index in [1.807, 2.05) is 0 Å². The highest BCUT2D eigenvalue weighted by atomic mass is 19.4. The van der Waals surface area contributed by atoms with E-state index in [4.69, 9.17) is 19.8 Å². The van der Waals surface area contributed by atoms with Crippen molar-refractivity contribution in [3.05, 3.63) is 60.2 Å². The van der Waals surface area contributed by atoms with Crippen LogP contribution in [-0.2, 0) is 19.2 Å². The SMILES string of the molecule is O=C(O)[C@@H]1CCCC[C@H]1[NH+]1CCN(C(=O)Nc2ccc(F)cc2)CC1.O=C(O)[C@H]1CCCC[C@@H]1[NH+]1CCN(C(=O)Nc2ccc(F)cc2)CC1.O=C([O-])C(F)(F)F.O=C([O-])C(F)(F)F. The van der Waals surface area contributed by atoms with E-state index in [2.05, 4.69) is 10.6 Å². The Morgan fingerprint density at radius 2 is 0.797 bits per heavy atom. The summed E-state index contributed by atoms with van der Waals surface area (Å²) in [4.78, 5) is 71.3. The van der Waals surface area contributed by atoms with Crippen molar-refractivity contribution >= 4 is 47.3 Å². The fourth-order valence-corrected chi connectivity index (χ4v) is 8.04. The average Bonchev–Trinajstić information content (AvgIpc) is 3.25. The second-order valence-electron chi connectivity index (χ2n) is 15.4. The normalized spacial score (nSPS) is 21.8. The van der Waals surface area contributed by atoms with Gasteiger partial charge in [0.05, 0.1) is 52.4 Å². The maximum absolute atomic E-state index is 12.9. The van der Waals surface area contributed by atoms with Gasteiger partial charge in [-0.3, -0.25) is 9.59 Å². The summed E-state index contributed by atoms with van der Waals surface area (Å²) in [5.41, 5.74) is 1.14. The van der Waals surface area contributed by atoms with Crippen molar-refractivity contribution in [2.75, 3.05) is 63.0 Å². The van der Waals surface area contributed by atoms with E-state index in [1.54, 1.807) is 9.80 Å². The minimum Gasteiger partial charge on any atom is -0.542 e. The van der Waals surface area contributed by atoms with Crippen LogP contribution in [0.1, 0.15) is 51.4 Å². The third-order valence-corrected chi connectivity index (χ3v) is 11.3. The molecule has 2 aromatic rings. The maximum Gasteiger partial charge on any atom is 0.430 e. The van der Waals surface area contributed by atoms with E-state index >= 15 is 0 Å². The summed E-state index contributed by atoms with van der Waals surface area (Å²) in [7, 11) is 0.